The zero-order valence-electron chi connectivity index (χ0n) is 12.8. The van der Waals surface area contributed by atoms with Gasteiger partial charge in [-0.2, -0.15) is 0 Å². The van der Waals surface area contributed by atoms with Crippen molar-refractivity contribution >= 4 is 11.9 Å². The molecule has 20 heavy (non-hydrogen) atoms. The monoisotopic (exact) mass is 281 g/mol. The molecule has 0 bridgehead atoms. The Morgan fingerprint density at radius 1 is 1.20 bits per heavy atom. The Hall–Kier alpha value is -1.26. The molecule has 0 aromatic rings. The number of piperidine rings is 1. The fraction of sp³-hybridized carbons (Fsp3) is 0.867. The first-order valence-electron chi connectivity index (χ1n) is 7.61. The molecule has 2 rings (SSSR count). The summed E-state index contributed by atoms with van der Waals surface area (Å²) in [6.45, 7) is 6.99. The quantitative estimate of drug-likeness (QED) is 0.826. The molecule has 5 heteroatoms. The normalized spacial score (nSPS) is 27.2. The molecule has 0 radical (unpaired) electrons. The van der Waals surface area contributed by atoms with E-state index >= 15 is 0 Å². The Morgan fingerprint density at radius 2 is 1.85 bits per heavy atom. The molecule has 0 aromatic carbocycles. The number of urea groups is 1. The number of amides is 3. The number of likely N-dealkylation sites (tertiary alicyclic amines) is 1. The van der Waals surface area contributed by atoms with Crippen molar-refractivity contribution in [3.05, 3.63) is 0 Å². The zero-order chi connectivity index (χ0) is 14.9. The fourth-order valence-electron chi connectivity index (χ4n) is 2.89. The second-order valence-corrected chi connectivity index (χ2v) is 7.44. The van der Waals surface area contributed by atoms with Gasteiger partial charge in [0.15, 0.2) is 0 Å². The van der Waals surface area contributed by atoms with Gasteiger partial charge < -0.3 is 16.0 Å². The number of hydrogen-bond acceptors (Lipinski definition) is 2. The largest absolute Gasteiger partial charge is 0.351 e. The van der Waals surface area contributed by atoms with Gasteiger partial charge in [0, 0.05) is 24.5 Å². The summed E-state index contributed by atoms with van der Waals surface area (Å²) in [5.41, 5.74) is 5.03. The molecule has 1 aliphatic carbocycles. The number of primary amides is 1. The predicted octanol–water partition coefficient (Wildman–Crippen LogP) is 1.72. The molecule has 0 spiro atoms. The maximum absolute atomic E-state index is 12.1. The molecule has 2 aliphatic rings. The summed E-state index contributed by atoms with van der Waals surface area (Å²) in [6.07, 6.45) is 4.74. The van der Waals surface area contributed by atoms with Gasteiger partial charge in [0.2, 0.25) is 5.91 Å². The van der Waals surface area contributed by atoms with Crippen LogP contribution in [-0.2, 0) is 4.79 Å². The molecule has 2 unspecified atom stereocenters. The first kappa shape index (κ1) is 15.1. The Bertz CT molecular complexity index is 385. The van der Waals surface area contributed by atoms with Crippen LogP contribution in [0.3, 0.4) is 0 Å². The third-order valence-electron chi connectivity index (χ3n) is 4.23. The second-order valence-electron chi connectivity index (χ2n) is 7.44. The summed E-state index contributed by atoms with van der Waals surface area (Å²) in [4.78, 5) is 25.3. The predicted molar refractivity (Wildman–Crippen MR) is 78.0 cm³/mol. The second kappa shape index (κ2) is 5.62. The van der Waals surface area contributed by atoms with Crippen LogP contribution in [0.15, 0.2) is 0 Å². The van der Waals surface area contributed by atoms with Crippen molar-refractivity contribution < 1.29 is 9.59 Å². The average Bonchev–Trinajstić information content (AvgIpc) is 3.11. The van der Waals surface area contributed by atoms with E-state index in [-0.39, 0.29) is 18.0 Å². The highest BCUT2D eigenvalue weighted by Gasteiger charge is 2.35. The minimum Gasteiger partial charge on any atom is -0.351 e. The van der Waals surface area contributed by atoms with Gasteiger partial charge in [-0.15, -0.1) is 0 Å². The minimum atomic E-state index is -0.402. The van der Waals surface area contributed by atoms with Crippen molar-refractivity contribution in [1.29, 1.82) is 0 Å². The lowest BCUT2D eigenvalue weighted by Crippen LogP contribution is -2.55. The third-order valence-corrected chi connectivity index (χ3v) is 4.23. The number of hydrogen-bond donors (Lipinski definition) is 2. The lowest BCUT2D eigenvalue weighted by atomic mass is 9.88. The number of nitrogens with one attached hydrogen (secondary N) is 1. The summed E-state index contributed by atoms with van der Waals surface area (Å²) >= 11 is 0. The Labute approximate surface area is 121 Å². The first-order chi connectivity index (χ1) is 9.25. The Morgan fingerprint density at radius 3 is 2.35 bits per heavy atom. The van der Waals surface area contributed by atoms with Crippen molar-refractivity contribution in [3.8, 4) is 0 Å². The Balaban J connectivity index is 1.95. The van der Waals surface area contributed by atoms with E-state index in [9.17, 15) is 9.59 Å². The Kier molecular flexibility index (Phi) is 4.25. The van der Waals surface area contributed by atoms with Gasteiger partial charge >= 0.3 is 6.03 Å². The van der Waals surface area contributed by atoms with Crippen molar-refractivity contribution in [3.63, 3.8) is 0 Å². The topological polar surface area (TPSA) is 75.4 Å². The zero-order valence-corrected chi connectivity index (χ0v) is 12.8. The van der Waals surface area contributed by atoms with Gasteiger partial charge in [-0.3, -0.25) is 4.79 Å². The maximum atomic E-state index is 12.1. The number of rotatable bonds is 3. The minimum absolute atomic E-state index is 0.0340. The molecule has 0 aromatic heterocycles. The molecule has 5 nitrogen and oxygen atoms in total. The summed E-state index contributed by atoms with van der Waals surface area (Å²) < 4.78 is 0. The van der Waals surface area contributed by atoms with Gasteiger partial charge in [-0.25, -0.2) is 4.79 Å². The van der Waals surface area contributed by atoms with Crippen molar-refractivity contribution in [2.24, 2.45) is 23.0 Å². The molecular formula is C15H27N3O2. The van der Waals surface area contributed by atoms with E-state index in [2.05, 4.69) is 5.32 Å². The van der Waals surface area contributed by atoms with Crippen LogP contribution < -0.4 is 11.1 Å². The van der Waals surface area contributed by atoms with Crippen molar-refractivity contribution in [2.75, 3.05) is 13.1 Å². The van der Waals surface area contributed by atoms with Crippen LogP contribution in [0.4, 0.5) is 4.79 Å². The smallest absolute Gasteiger partial charge is 0.314 e. The molecule has 2 fully saturated rings. The molecule has 114 valence electrons. The fourth-order valence-corrected chi connectivity index (χ4v) is 2.89. The highest BCUT2D eigenvalue weighted by atomic mass is 16.2. The average molecular weight is 281 g/mol. The van der Waals surface area contributed by atoms with Crippen molar-refractivity contribution in [2.45, 2.75) is 52.5 Å². The molecule has 1 aliphatic heterocycles. The standard InChI is InChI=1S/C15H27N3O2/c1-15(2,3)13(19)17-12-7-11(6-10-4-5-10)8-18(9-12)14(16)20/h10-12H,4-9H2,1-3H3,(H2,16,20)(H,17,19). The van der Waals surface area contributed by atoms with Crippen LogP contribution in [-0.4, -0.2) is 36.0 Å². The molecule has 1 heterocycles. The van der Waals surface area contributed by atoms with Crippen LogP contribution in [0.2, 0.25) is 0 Å². The van der Waals surface area contributed by atoms with E-state index in [0.717, 1.165) is 25.3 Å². The van der Waals surface area contributed by atoms with Gasteiger partial charge in [0.05, 0.1) is 0 Å². The molecule has 3 N–H and O–H groups in total. The third kappa shape index (κ3) is 4.12. The summed E-state index contributed by atoms with van der Waals surface area (Å²) in [7, 11) is 0. The van der Waals surface area contributed by atoms with Crippen LogP contribution >= 0.6 is 0 Å². The van der Waals surface area contributed by atoms with Gasteiger partial charge in [-0.1, -0.05) is 33.6 Å². The van der Waals surface area contributed by atoms with Crippen LogP contribution in [0.1, 0.15) is 46.5 Å². The highest BCUT2D eigenvalue weighted by molar-refractivity contribution is 5.81. The highest BCUT2D eigenvalue weighted by Crippen LogP contribution is 2.37. The lowest BCUT2D eigenvalue weighted by Gasteiger charge is -2.38. The van der Waals surface area contributed by atoms with Crippen LogP contribution in [0, 0.1) is 17.3 Å². The van der Waals surface area contributed by atoms with E-state index in [0.29, 0.717) is 12.5 Å². The molecule has 1 saturated heterocycles. The lowest BCUT2D eigenvalue weighted by molar-refractivity contribution is -0.129. The summed E-state index contributed by atoms with van der Waals surface area (Å²) in [5, 5.41) is 3.08. The van der Waals surface area contributed by atoms with E-state index in [4.69, 9.17) is 5.73 Å². The molecule has 3 amide bonds. The van der Waals surface area contributed by atoms with E-state index in [1.165, 1.54) is 12.8 Å². The van der Waals surface area contributed by atoms with Gasteiger partial charge in [-0.05, 0) is 24.7 Å². The van der Waals surface area contributed by atoms with Crippen molar-refractivity contribution in [1.82, 2.24) is 10.2 Å². The molecular weight excluding hydrogens is 254 g/mol. The van der Waals surface area contributed by atoms with E-state index in [1.54, 1.807) is 4.90 Å². The van der Waals surface area contributed by atoms with E-state index in [1.807, 2.05) is 20.8 Å². The number of carbonyl (C=O) groups excluding carboxylic acids is 2. The van der Waals surface area contributed by atoms with Crippen LogP contribution in [0.25, 0.3) is 0 Å². The van der Waals surface area contributed by atoms with Gasteiger partial charge in [0.1, 0.15) is 0 Å². The number of nitrogens with zero attached hydrogens (tertiary/aromatic N) is 1. The molecule has 2 atom stereocenters. The first-order valence-corrected chi connectivity index (χ1v) is 7.61. The molecule has 1 saturated carbocycles. The maximum Gasteiger partial charge on any atom is 0.314 e. The van der Waals surface area contributed by atoms with Crippen LogP contribution in [0.5, 0.6) is 0 Å². The van der Waals surface area contributed by atoms with E-state index < -0.39 is 5.41 Å². The summed E-state index contributed by atoms with van der Waals surface area (Å²) in [5.74, 6) is 1.33. The summed E-state index contributed by atoms with van der Waals surface area (Å²) in [6, 6.07) is -0.341. The SMILES string of the molecule is CC(C)(C)C(=O)NC1CC(CC2CC2)CN(C(N)=O)C1. The number of nitrogens with two attached hydrogens (primary N) is 1. The number of carbonyl (C=O) groups is 2. The van der Waals surface area contributed by atoms with Gasteiger partial charge in [0.25, 0.3) is 0 Å².